The summed E-state index contributed by atoms with van der Waals surface area (Å²) in [6.45, 7) is 4.27. The van der Waals surface area contributed by atoms with Crippen LogP contribution in [0.4, 0.5) is 0 Å². The molecular formula is C23H33IO5. The van der Waals surface area contributed by atoms with Crippen molar-refractivity contribution in [1.29, 1.82) is 0 Å². The Morgan fingerprint density at radius 2 is 1.62 bits per heavy atom. The molecule has 0 aromatic heterocycles. The van der Waals surface area contributed by atoms with Gasteiger partial charge in [-0.2, -0.15) is 0 Å². The van der Waals surface area contributed by atoms with Crippen LogP contribution in [-0.2, 0) is 23.8 Å². The number of Topliss-reactive ketones (excluding diaryl/α,β-unsaturated/α-hetero) is 1. The van der Waals surface area contributed by atoms with E-state index >= 15 is 0 Å². The Bertz CT molecular complexity index is 631. The topological polar surface area (TPSA) is 61.8 Å². The summed E-state index contributed by atoms with van der Waals surface area (Å²) in [5, 5.41) is 0. The molecule has 3 heterocycles. The van der Waals surface area contributed by atoms with Gasteiger partial charge in [0.05, 0.1) is 30.8 Å². The van der Waals surface area contributed by atoms with E-state index in [2.05, 4.69) is 48.6 Å². The Balaban J connectivity index is 1.78. The van der Waals surface area contributed by atoms with Gasteiger partial charge in [-0.15, -0.1) is 0 Å². The molecular weight excluding hydrogens is 483 g/mol. The molecule has 0 aromatic rings. The van der Waals surface area contributed by atoms with Crippen molar-refractivity contribution in [3.63, 3.8) is 0 Å². The van der Waals surface area contributed by atoms with Gasteiger partial charge in [0.15, 0.2) is 0 Å². The van der Waals surface area contributed by atoms with Crippen molar-refractivity contribution in [1.82, 2.24) is 0 Å². The standard InChI is InChI=1S/C23H33IO5/c1-15-6-7-16(2)22(8-9-24)29-23(26)14-21-12-17(25)11-20(28-21)13-19-5-3-4-18(10-15)27-19/h6-9,15-16,18-22H,3-5,10-14H2,1-2H3/b7-6?,9-8+/t15-,16-,18+,19-,20+,21-,22-/m0/s1. The third-order valence-corrected chi connectivity index (χ3v) is 6.49. The molecule has 0 amide bonds. The lowest BCUT2D eigenvalue weighted by Gasteiger charge is -2.36. The zero-order chi connectivity index (χ0) is 20.8. The lowest BCUT2D eigenvalue weighted by Crippen LogP contribution is -2.39. The van der Waals surface area contributed by atoms with Gasteiger partial charge in [-0.25, -0.2) is 0 Å². The van der Waals surface area contributed by atoms with E-state index in [1.165, 1.54) is 0 Å². The summed E-state index contributed by atoms with van der Waals surface area (Å²) >= 11 is 2.15. The van der Waals surface area contributed by atoms with Crippen LogP contribution in [0.25, 0.3) is 0 Å². The van der Waals surface area contributed by atoms with Gasteiger partial charge >= 0.3 is 5.97 Å². The monoisotopic (exact) mass is 516 g/mol. The molecule has 0 unspecified atom stereocenters. The average molecular weight is 516 g/mol. The first-order valence-corrected chi connectivity index (χ1v) is 12.1. The lowest BCUT2D eigenvalue weighted by atomic mass is 9.91. The van der Waals surface area contributed by atoms with Crippen LogP contribution in [-0.4, -0.2) is 42.3 Å². The number of rotatable bonds is 1. The largest absolute Gasteiger partial charge is 0.457 e. The number of halogens is 1. The zero-order valence-corrected chi connectivity index (χ0v) is 19.6. The maximum atomic E-state index is 12.6. The second-order valence-electron chi connectivity index (χ2n) is 8.81. The predicted octanol–water partition coefficient (Wildman–Crippen LogP) is 4.91. The van der Waals surface area contributed by atoms with Gasteiger partial charge in [-0.05, 0) is 41.8 Å². The molecule has 4 bridgehead atoms. The highest BCUT2D eigenvalue weighted by Gasteiger charge is 2.34. The van der Waals surface area contributed by atoms with Gasteiger partial charge < -0.3 is 14.2 Å². The van der Waals surface area contributed by atoms with Gasteiger partial charge in [-0.3, -0.25) is 9.59 Å². The van der Waals surface area contributed by atoms with Gasteiger partial charge in [0.25, 0.3) is 0 Å². The molecule has 5 nitrogen and oxygen atoms in total. The summed E-state index contributed by atoms with van der Waals surface area (Å²) in [6, 6.07) is 0. The molecule has 0 N–H and O–H groups in total. The minimum atomic E-state index is -0.392. The quantitative estimate of drug-likeness (QED) is 0.282. The maximum absolute atomic E-state index is 12.6. The van der Waals surface area contributed by atoms with Crippen LogP contribution in [0.1, 0.15) is 65.2 Å². The summed E-state index contributed by atoms with van der Waals surface area (Å²) in [5.74, 6) is 0.325. The summed E-state index contributed by atoms with van der Waals surface area (Å²) in [4.78, 5) is 24.8. The van der Waals surface area contributed by atoms with E-state index in [4.69, 9.17) is 14.2 Å². The van der Waals surface area contributed by atoms with Crippen LogP contribution < -0.4 is 0 Å². The molecule has 0 radical (unpaired) electrons. The minimum absolute atomic E-state index is 0.0713. The first kappa shape index (κ1) is 22.9. The number of hydrogen-bond donors (Lipinski definition) is 0. The van der Waals surface area contributed by atoms with Gasteiger partial charge in [0, 0.05) is 25.2 Å². The second-order valence-corrected chi connectivity index (χ2v) is 9.53. The van der Waals surface area contributed by atoms with Crippen LogP contribution >= 0.6 is 22.6 Å². The number of cyclic esters (lactones) is 1. The molecule has 7 atom stereocenters. The molecule has 29 heavy (non-hydrogen) atoms. The Labute approximate surface area is 187 Å². The molecule has 0 aromatic carbocycles. The fourth-order valence-electron chi connectivity index (χ4n) is 4.59. The summed E-state index contributed by atoms with van der Waals surface area (Å²) in [6.07, 6.45) is 11.6. The summed E-state index contributed by atoms with van der Waals surface area (Å²) in [7, 11) is 0. The first-order chi connectivity index (χ1) is 13.9. The van der Waals surface area contributed by atoms with Crippen molar-refractivity contribution in [2.75, 3.05) is 0 Å². The Kier molecular flexibility index (Phi) is 8.74. The van der Waals surface area contributed by atoms with Crippen LogP contribution in [0.3, 0.4) is 0 Å². The molecule has 3 aliphatic rings. The van der Waals surface area contributed by atoms with Crippen LogP contribution in [0.2, 0.25) is 0 Å². The normalized spacial score (nSPS) is 40.0. The SMILES string of the molecule is C[C@H]1C=C[C@H](C)[C@H](/C=C/I)OC(=O)C[C@@H]2CC(=O)C[C@H](C[C@@H]3CCC[C@H](C1)O3)O2. The zero-order valence-electron chi connectivity index (χ0n) is 17.4. The average Bonchev–Trinajstić information content (AvgIpc) is 2.65. The molecule has 0 spiro atoms. The maximum Gasteiger partial charge on any atom is 0.309 e. The number of ketones is 1. The van der Waals surface area contributed by atoms with Crippen molar-refractivity contribution >= 4 is 34.3 Å². The van der Waals surface area contributed by atoms with Gasteiger partial charge in [0.1, 0.15) is 11.9 Å². The fourth-order valence-corrected chi connectivity index (χ4v) is 5.00. The van der Waals surface area contributed by atoms with Gasteiger partial charge in [0.2, 0.25) is 0 Å². The highest BCUT2D eigenvalue weighted by molar-refractivity contribution is 14.1. The first-order valence-electron chi connectivity index (χ1n) is 10.9. The van der Waals surface area contributed by atoms with Crippen molar-refractivity contribution in [3.05, 3.63) is 22.3 Å². The lowest BCUT2D eigenvalue weighted by molar-refractivity contribution is -0.158. The van der Waals surface area contributed by atoms with Crippen molar-refractivity contribution in [2.24, 2.45) is 11.8 Å². The van der Waals surface area contributed by atoms with Crippen LogP contribution in [0.15, 0.2) is 22.3 Å². The Morgan fingerprint density at radius 3 is 2.38 bits per heavy atom. The molecule has 0 aliphatic carbocycles. The minimum Gasteiger partial charge on any atom is -0.457 e. The summed E-state index contributed by atoms with van der Waals surface area (Å²) in [5.41, 5.74) is 0. The highest BCUT2D eigenvalue weighted by atomic mass is 127. The van der Waals surface area contributed by atoms with Crippen LogP contribution in [0, 0.1) is 11.8 Å². The van der Waals surface area contributed by atoms with E-state index in [-0.39, 0.29) is 48.5 Å². The molecule has 0 saturated carbocycles. The molecule has 2 fully saturated rings. The Hall–Kier alpha value is -0.730. The van der Waals surface area contributed by atoms with Crippen molar-refractivity contribution in [2.45, 2.75) is 95.7 Å². The number of allylic oxidation sites excluding steroid dienone is 1. The number of hydrogen-bond acceptors (Lipinski definition) is 5. The van der Waals surface area contributed by atoms with Crippen LogP contribution in [0.5, 0.6) is 0 Å². The number of fused-ring (bicyclic) bond motifs is 4. The highest BCUT2D eigenvalue weighted by Crippen LogP contribution is 2.31. The van der Waals surface area contributed by atoms with E-state index in [9.17, 15) is 9.59 Å². The van der Waals surface area contributed by atoms with E-state index in [1.807, 2.05) is 10.2 Å². The predicted molar refractivity (Wildman–Crippen MR) is 120 cm³/mol. The second kappa shape index (κ2) is 11.0. The van der Waals surface area contributed by atoms with E-state index < -0.39 is 6.10 Å². The number of ether oxygens (including phenoxy) is 3. The molecule has 6 heteroatoms. The number of carbonyl (C=O) groups excluding carboxylic acids is 2. The van der Waals surface area contributed by atoms with E-state index in [0.29, 0.717) is 18.8 Å². The van der Waals surface area contributed by atoms with E-state index in [1.54, 1.807) is 0 Å². The third-order valence-electron chi connectivity index (χ3n) is 6.08. The smallest absolute Gasteiger partial charge is 0.309 e. The Morgan fingerprint density at radius 1 is 0.931 bits per heavy atom. The van der Waals surface area contributed by atoms with Gasteiger partial charge in [-0.1, -0.05) is 48.6 Å². The molecule has 162 valence electrons. The van der Waals surface area contributed by atoms with Crippen molar-refractivity contribution < 1.29 is 23.8 Å². The number of carbonyl (C=O) groups is 2. The fraction of sp³-hybridized carbons (Fsp3) is 0.739. The number of esters is 1. The van der Waals surface area contributed by atoms with E-state index in [0.717, 1.165) is 32.1 Å². The molecule has 3 rings (SSSR count). The van der Waals surface area contributed by atoms with Crippen molar-refractivity contribution in [3.8, 4) is 0 Å². The summed E-state index contributed by atoms with van der Waals surface area (Å²) < 4.78 is 20.1. The molecule has 2 saturated heterocycles. The third kappa shape index (κ3) is 7.17. The molecule has 3 aliphatic heterocycles.